The Labute approximate surface area is 209 Å². The van der Waals surface area contributed by atoms with Gasteiger partial charge in [0.1, 0.15) is 40.1 Å². The molecule has 0 aliphatic heterocycles. The van der Waals surface area contributed by atoms with Crippen molar-refractivity contribution in [1.29, 1.82) is 0 Å². The molecule has 0 radical (unpaired) electrons. The van der Waals surface area contributed by atoms with Crippen molar-refractivity contribution in [3.05, 3.63) is 65.6 Å². The number of methoxy groups -OCH3 is 2. The van der Waals surface area contributed by atoms with Crippen molar-refractivity contribution in [2.45, 2.75) is 20.0 Å². The van der Waals surface area contributed by atoms with Gasteiger partial charge >= 0.3 is 5.84 Å². The molecule has 0 fully saturated rings. The Bertz CT molecular complexity index is 1630. The van der Waals surface area contributed by atoms with Gasteiger partial charge in [0.15, 0.2) is 5.76 Å². The minimum atomic E-state index is 0.302. The monoisotopic (exact) mass is 502 g/mol. The van der Waals surface area contributed by atoms with Crippen molar-refractivity contribution in [2.75, 3.05) is 14.2 Å². The lowest BCUT2D eigenvalue weighted by molar-refractivity contribution is 0.303. The van der Waals surface area contributed by atoms with E-state index in [0.717, 1.165) is 27.4 Å². The Morgan fingerprint density at radius 1 is 0.972 bits per heavy atom. The molecule has 0 bridgehead atoms. The van der Waals surface area contributed by atoms with Crippen LogP contribution in [0, 0.1) is 0 Å². The minimum Gasteiger partial charge on any atom is -0.497 e. The molecule has 6 rings (SSSR count). The number of aromatic nitrogens is 4. The van der Waals surface area contributed by atoms with Crippen molar-refractivity contribution >= 4 is 28.2 Å². The number of ether oxygens (including phenoxy) is 3. The number of furan rings is 1. The number of fused-ring (bicyclic) bond motifs is 2. The number of thiazole rings is 1. The van der Waals surface area contributed by atoms with Crippen LogP contribution in [0.2, 0.25) is 0 Å². The molecule has 182 valence electrons. The van der Waals surface area contributed by atoms with Crippen LogP contribution in [-0.4, -0.2) is 33.8 Å². The molecule has 9 nitrogen and oxygen atoms in total. The summed E-state index contributed by atoms with van der Waals surface area (Å²) in [5.41, 5.74) is 3.11. The number of imidazole rings is 1. The third-order valence-electron chi connectivity index (χ3n) is 5.71. The summed E-state index contributed by atoms with van der Waals surface area (Å²) in [5, 5.41) is 8.08. The fourth-order valence-electron chi connectivity index (χ4n) is 3.84. The molecule has 4 aromatic heterocycles. The van der Waals surface area contributed by atoms with Crippen molar-refractivity contribution in [2.24, 2.45) is 0 Å². The molecule has 36 heavy (non-hydrogen) atoms. The number of aryl methyl sites for hydroxylation is 1. The summed E-state index contributed by atoms with van der Waals surface area (Å²) in [6.45, 7) is 2.28. The number of nitrogens with zero attached hydrogens (tertiary/aromatic N) is 4. The van der Waals surface area contributed by atoms with E-state index in [-0.39, 0.29) is 0 Å². The first-order valence-electron chi connectivity index (χ1n) is 11.3. The maximum atomic E-state index is 6.18. The van der Waals surface area contributed by atoms with Gasteiger partial charge in [-0.25, -0.2) is 4.98 Å². The second kappa shape index (κ2) is 9.04. The molecule has 0 saturated heterocycles. The highest BCUT2D eigenvalue weighted by atomic mass is 32.1. The summed E-state index contributed by atoms with van der Waals surface area (Å²) in [5.74, 6) is 3.71. The molecular formula is C26H22N4O5S. The van der Waals surface area contributed by atoms with Gasteiger partial charge in [-0.3, -0.25) is 0 Å². The van der Waals surface area contributed by atoms with Gasteiger partial charge < -0.3 is 23.0 Å². The molecular weight excluding hydrogens is 480 g/mol. The zero-order chi connectivity index (χ0) is 24.6. The van der Waals surface area contributed by atoms with Crippen LogP contribution in [0.1, 0.15) is 18.5 Å². The highest BCUT2D eigenvalue weighted by Gasteiger charge is 2.18. The Morgan fingerprint density at radius 2 is 1.81 bits per heavy atom. The molecule has 4 heterocycles. The van der Waals surface area contributed by atoms with Gasteiger partial charge in [0.2, 0.25) is 5.89 Å². The van der Waals surface area contributed by atoms with Crippen molar-refractivity contribution in [3.8, 4) is 39.3 Å². The minimum absolute atomic E-state index is 0.302. The van der Waals surface area contributed by atoms with Gasteiger partial charge in [-0.15, -0.1) is 16.4 Å². The predicted octanol–water partition coefficient (Wildman–Crippen LogP) is 6.02. The molecule has 0 atom stereocenters. The van der Waals surface area contributed by atoms with E-state index in [2.05, 4.69) is 10.1 Å². The Hall–Kier alpha value is -4.31. The predicted molar refractivity (Wildman–Crippen MR) is 135 cm³/mol. The fraction of sp³-hybridized carbons (Fsp3) is 0.192. The van der Waals surface area contributed by atoms with E-state index < -0.39 is 0 Å². The smallest absolute Gasteiger partial charge is 0.325 e. The van der Waals surface area contributed by atoms with E-state index >= 15 is 0 Å². The van der Waals surface area contributed by atoms with Gasteiger partial charge in [-0.2, -0.15) is 9.50 Å². The van der Waals surface area contributed by atoms with Crippen LogP contribution in [0.5, 0.6) is 17.2 Å². The fourth-order valence-corrected chi connectivity index (χ4v) is 4.65. The molecule has 6 aromatic rings. The SMILES string of the molecule is CCc1nn2cc(-c3cc4c(OCc5csc(-c6ccc(OC)cc6)n5)cc(OC)cc4o3)nc2o1. The lowest BCUT2D eigenvalue weighted by Crippen LogP contribution is -1.97. The van der Waals surface area contributed by atoms with Crippen molar-refractivity contribution in [3.63, 3.8) is 0 Å². The normalized spacial score (nSPS) is 11.4. The van der Waals surface area contributed by atoms with E-state index in [1.165, 1.54) is 0 Å². The lowest BCUT2D eigenvalue weighted by Gasteiger charge is -2.08. The van der Waals surface area contributed by atoms with Crippen molar-refractivity contribution in [1.82, 2.24) is 19.6 Å². The Morgan fingerprint density at radius 3 is 2.56 bits per heavy atom. The van der Waals surface area contributed by atoms with Crippen LogP contribution in [0.25, 0.3) is 38.8 Å². The quantitative estimate of drug-likeness (QED) is 0.249. The van der Waals surface area contributed by atoms with E-state index in [9.17, 15) is 0 Å². The molecule has 0 saturated carbocycles. The van der Waals surface area contributed by atoms with Gasteiger partial charge in [-0.1, -0.05) is 6.92 Å². The summed E-state index contributed by atoms with van der Waals surface area (Å²) >= 11 is 1.57. The maximum absolute atomic E-state index is 6.18. The summed E-state index contributed by atoms with van der Waals surface area (Å²) in [7, 11) is 3.26. The number of hydrogen-bond donors (Lipinski definition) is 0. The summed E-state index contributed by atoms with van der Waals surface area (Å²) < 4.78 is 30.2. The first kappa shape index (κ1) is 22.2. The molecule has 0 N–H and O–H groups in total. The maximum Gasteiger partial charge on any atom is 0.325 e. The lowest BCUT2D eigenvalue weighted by atomic mass is 10.2. The molecule has 2 aromatic carbocycles. The van der Waals surface area contributed by atoms with Crippen LogP contribution in [0.4, 0.5) is 0 Å². The number of benzene rings is 2. The summed E-state index contributed by atoms with van der Waals surface area (Å²) in [4.78, 5) is 9.23. The topological polar surface area (TPSA) is 97.1 Å². The van der Waals surface area contributed by atoms with Crippen LogP contribution in [0.15, 0.2) is 62.9 Å². The van der Waals surface area contributed by atoms with Crippen LogP contribution < -0.4 is 14.2 Å². The van der Waals surface area contributed by atoms with Crippen LogP contribution in [0.3, 0.4) is 0 Å². The molecule has 10 heteroatoms. The average Bonchev–Trinajstić information content (AvgIpc) is 3.69. The van der Waals surface area contributed by atoms with Gasteiger partial charge in [0.05, 0.1) is 31.5 Å². The molecule has 0 aliphatic carbocycles. The van der Waals surface area contributed by atoms with Gasteiger partial charge in [0, 0.05) is 29.5 Å². The van der Waals surface area contributed by atoms with E-state index in [1.54, 1.807) is 36.3 Å². The van der Waals surface area contributed by atoms with Gasteiger partial charge in [0.25, 0.3) is 0 Å². The molecule has 0 amide bonds. The van der Waals surface area contributed by atoms with Gasteiger partial charge in [-0.05, 0) is 30.3 Å². The van der Waals surface area contributed by atoms with Crippen LogP contribution >= 0.6 is 11.3 Å². The van der Waals surface area contributed by atoms with E-state index in [1.807, 2.05) is 54.8 Å². The van der Waals surface area contributed by atoms with Crippen molar-refractivity contribution < 1.29 is 23.0 Å². The van der Waals surface area contributed by atoms with Crippen LogP contribution in [-0.2, 0) is 13.0 Å². The standard InChI is InChI=1S/C26H22N4O5S/c1-4-24-29-30-12-20(28-26(30)35-24)23-11-19-21(9-18(32-3)10-22(19)34-23)33-13-16-14-36-25(27-16)15-5-7-17(31-2)8-6-15/h5-12,14H,4,13H2,1-3H3. The Kier molecular flexibility index (Phi) is 5.57. The Balaban J connectivity index is 1.27. The molecule has 0 unspecified atom stereocenters. The third-order valence-corrected chi connectivity index (χ3v) is 6.65. The zero-order valence-electron chi connectivity index (χ0n) is 19.8. The first-order chi connectivity index (χ1) is 17.6. The molecule has 0 aliphatic rings. The number of hydrogen-bond acceptors (Lipinski definition) is 9. The zero-order valence-corrected chi connectivity index (χ0v) is 20.7. The first-order valence-corrected chi connectivity index (χ1v) is 12.2. The second-order valence-electron chi connectivity index (χ2n) is 8.01. The molecule has 0 spiro atoms. The number of rotatable bonds is 8. The second-order valence-corrected chi connectivity index (χ2v) is 8.87. The average molecular weight is 503 g/mol. The highest BCUT2D eigenvalue weighted by Crippen LogP contribution is 2.37. The third kappa shape index (κ3) is 4.05. The van der Waals surface area contributed by atoms with E-state index in [0.29, 0.717) is 53.3 Å². The largest absolute Gasteiger partial charge is 0.497 e. The summed E-state index contributed by atoms with van der Waals surface area (Å²) in [6, 6.07) is 13.4. The van der Waals surface area contributed by atoms with E-state index in [4.69, 9.17) is 28.0 Å². The summed E-state index contributed by atoms with van der Waals surface area (Å²) in [6.07, 6.45) is 2.48. The highest BCUT2D eigenvalue weighted by molar-refractivity contribution is 7.13.